The lowest BCUT2D eigenvalue weighted by Gasteiger charge is -1.98. The molecule has 0 amide bonds. The molecule has 2 heteroatoms. The Bertz CT molecular complexity index is 349. The zero-order valence-electron chi connectivity index (χ0n) is 8.16. The topological polar surface area (TPSA) is 40.9 Å². The number of nitrogens with one attached hydrogen (secondary N) is 1. The Morgan fingerprint density at radius 2 is 2.00 bits per heavy atom. The molecule has 1 rings (SSSR count). The van der Waals surface area contributed by atoms with E-state index in [9.17, 15) is 4.79 Å². The first-order valence-electron chi connectivity index (χ1n) is 4.58. The Labute approximate surface area is 83.8 Å². The highest BCUT2D eigenvalue weighted by Crippen LogP contribution is 2.04. The van der Waals surface area contributed by atoms with Crippen molar-refractivity contribution >= 4 is 12.0 Å². The number of carbonyl (C=O) groups excluding carboxylic acids is 1. The van der Waals surface area contributed by atoms with Gasteiger partial charge in [-0.25, -0.2) is 0 Å². The van der Waals surface area contributed by atoms with E-state index < -0.39 is 0 Å². The summed E-state index contributed by atoms with van der Waals surface area (Å²) in [7, 11) is 0. The fourth-order valence-corrected chi connectivity index (χ4v) is 1.07. The number of rotatable bonds is 4. The molecule has 0 aliphatic rings. The van der Waals surface area contributed by atoms with Gasteiger partial charge in [0.05, 0.1) is 5.71 Å². The molecule has 0 aromatic heterocycles. The van der Waals surface area contributed by atoms with Gasteiger partial charge in [-0.05, 0) is 18.1 Å². The van der Waals surface area contributed by atoms with E-state index in [1.807, 2.05) is 13.0 Å². The Morgan fingerprint density at radius 1 is 1.36 bits per heavy atom. The second-order valence-electron chi connectivity index (χ2n) is 2.96. The molecule has 0 saturated heterocycles. The lowest BCUT2D eigenvalue weighted by atomic mass is 10.1. The van der Waals surface area contributed by atoms with Crippen LogP contribution in [-0.2, 0) is 0 Å². The molecule has 2 nitrogen and oxygen atoms in total. The minimum Gasteiger partial charge on any atom is -0.300 e. The number of aldehydes is 1. The lowest BCUT2D eigenvalue weighted by molar-refractivity contribution is 0.112. The number of allylic oxidation sites excluding steroid dienone is 2. The molecule has 0 aliphatic carbocycles. The largest absolute Gasteiger partial charge is 0.300 e. The molecule has 1 aromatic carbocycles. The second kappa shape index (κ2) is 5.12. The zero-order chi connectivity index (χ0) is 10.4. The summed E-state index contributed by atoms with van der Waals surface area (Å²) >= 11 is 0. The van der Waals surface area contributed by atoms with E-state index in [4.69, 9.17) is 5.41 Å². The van der Waals surface area contributed by atoms with Gasteiger partial charge in [-0.15, -0.1) is 0 Å². The van der Waals surface area contributed by atoms with Crippen molar-refractivity contribution in [1.82, 2.24) is 0 Å². The lowest BCUT2D eigenvalue weighted by Crippen LogP contribution is -1.94. The molecule has 0 heterocycles. The third kappa shape index (κ3) is 2.66. The first kappa shape index (κ1) is 10.4. The maximum absolute atomic E-state index is 10.4. The highest BCUT2D eigenvalue weighted by atomic mass is 16.1. The normalized spacial score (nSPS) is 10.4. The van der Waals surface area contributed by atoms with Crippen LogP contribution < -0.4 is 0 Å². The van der Waals surface area contributed by atoms with Gasteiger partial charge in [-0.1, -0.05) is 37.3 Å². The van der Waals surface area contributed by atoms with Crippen LogP contribution in [-0.4, -0.2) is 12.0 Å². The SMILES string of the molecule is CC/C=C\C(=N)c1ccc(C=O)cc1. The van der Waals surface area contributed by atoms with E-state index in [0.29, 0.717) is 11.3 Å². The maximum Gasteiger partial charge on any atom is 0.150 e. The van der Waals surface area contributed by atoms with Crippen molar-refractivity contribution < 1.29 is 4.79 Å². The average molecular weight is 187 g/mol. The van der Waals surface area contributed by atoms with E-state index >= 15 is 0 Å². The highest BCUT2D eigenvalue weighted by molar-refractivity contribution is 6.06. The Hall–Kier alpha value is -1.70. The molecule has 0 unspecified atom stereocenters. The summed E-state index contributed by atoms with van der Waals surface area (Å²) < 4.78 is 0. The van der Waals surface area contributed by atoms with Crippen LogP contribution in [0.15, 0.2) is 36.4 Å². The fraction of sp³-hybridized carbons (Fsp3) is 0.167. The van der Waals surface area contributed by atoms with Crippen molar-refractivity contribution in [2.24, 2.45) is 0 Å². The smallest absolute Gasteiger partial charge is 0.150 e. The van der Waals surface area contributed by atoms with Crippen molar-refractivity contribution in [2.45, 2.75) is 13.3 Å². The molecule has 0 saturated carbocycles. The van der Waals surface area contributed by atoms with Gasteiger partial charge in [0.2, 0.25) is 0 Å². The number of carbonyl (C=O) groups is 1. The van der Waals surface area contributed by atoms with Crippen molar-refractivity contribution in [3.05, 3.63) is 47.5 Å². The molecule has 1 aromatic rings. The number of hydrogen-bond donors (Lipinski definition) is 1. The van der Waals surface area contributed by atoms with Gasteiger partial charge in [-0.3, -0.25) is 4.79 Å². The molecule has 0 radical (unpaired) electrons. The third-order valence-corrected chi connectivity index (χ3v) is 1.88. The Kier molecular flexibility index (Phi) is 3.80. The van der Waals surface area contributed by atoms with Crippen molar-refractivity contribution in [1.29, 1.82) is 5.41 Å². The number of benzene rings is 1. The zero-order valence-corrected chi connectivity index (χ0v) is 8.16. The van der Waals surface area contributed by atoms with Gasteiger partial charge < -0.3 is 5.41 Å². The van der Waals surface area contributed by atoms with Crippen LogP contribution in [0.1, 0.15) is 29.3 Å². The predicted octanol–water partition coefficient (Wildman–Crippen LogP) is 2.83. The summed E-state index contributed by atoms with van der Waals surface area (Å²) in [5, 5.41) is 7.69. The standard InChI is InChI=1S/C12H13NO/c1-2-3-4-12(13)11-7-5-10(9-14)6-8-11/h3-9,13H,2H2,1H3/b4-3-,13-12?. The second-order valence-corrected chi connectivity index (χ2v) is 2.96. The van der Waals surface area contributed by atoms with E-state index in [-0.39, 0.29) is 0 Å². The minimum absolute atomic E-state index is 0.476. The molecule has 72 valence electrons. The van der Waals surface area contributed by atoms with Crippen molar-refractivity contribution in [2.75, 3.05) is 0 Å². The molecular weight excluding hydrogens is 174 g/mol. The first-order valence-corrected chi connectivity index (χ1v) is 4.58. The van der Waals surface area contributed by atoms with Crippen LogP contribution >= 0.6 is 0 Å². The average Bonchev–Trinajstić information content (AvgIpc) is 2.26. The molecule has 14 heavy (non-hydrogen) atoms. The molecule has 1 N–H and O–H groups in total. The van der Waals surface area contributed by atoms with Crippen LogP contribution in [0.4, 0.5) is 0 Å². The van der Waals surface area contributed by atoms with E-state index in [1.165, 1.54) is 0 Å². The number of hydrogen-bond acceptors (Lipinski definition) is 2. The van der Waals surface area contributed by atoms with Gasteiger partial charge in [0, 0.05) is 5.56 Å². The molecule has 0 bridgehead atoms. The van der Waals surface area contributed by atoms with E-state index in [1.54, 1.807) is 30.3 Å². The van der Waals surface area contributed by atoms with Crippen molar-refractivity contribution in [3.63, 3.8) is 0 Å². The van der Waals surface area contributed by atoms with Crippen LogP contribution in [0.5, 0.6) is 0 Å². The van der Waals surface area contributed by atoms with Gasteiger partial charge in [0.1, 0.15) is 6.29 Å². The quantitative estimate of drug-likeness (QED) is 0.571. The monoisotopic (exact) mass is 187 g/mol. The fourth-order valence-electron chi connectivity index (χ4n) is 1.07. The molecule has 0 spiro atoms. The van der Waals surface area contributed by atoms with Crippen LogP contribution in [0.3, 0.4) is 0 Å². The molecule has 0 atom stereocenters. The molecular formula is C12H13NO. The Balaban J connectivity index is 2.81. The molecule has 0 fully saturated rings. The third-order valence-electron chi connectivity index (χ3n) is 1.88. The summed E-state index contributed by atoms with van der Waals surface area (Å²) in [6.07, 6.45) is 5.44. The van der Waals surface area contributed by atoms with Gasteiger partial charge >= 0.3 is 0 Å². The van der Waals surface area contributed by atoms with E-state index in [2.05, 4.69) is 0 Å². The summed E-state index contributed by atoms with van der Waals surface area (Å²) in [5.41, 5.74) is 1.95. The van der Waals surface area contributed by atoms with Crippen molar-refractivity contribution in [3.8, 4) is 0 Å². The highest BCUT2D eigenvalue weighted by Gasteiger charge is 1.96. The van der Waals surface area contributed by atoms with Crippen LogP contribution in [0.25, 0.3) is 0 Å². The summed E-state index contributed by atoms with van der Waals surface area (Å²) in [6, 6.07) is 7.01. The van der Waals surface area contributed by atoms with Gasteiger partial charge in [0.15, 0.2) is 0 Å². The first-order chi connectivity index (χ1) is 6.77. The summed E-state index contributed by atoms with van der Waals surface area (Å²) in [4.78, 5) is 10.4. The maximum atomic E-state index is 10.4. The van der Waals surface area contributed by atoms with Crippen LogP contribution in [0, 0.1) is 5.41 Å². The predicted molar refractivity (Wildman–Crippen MR) is 58.1 cm³/mol. The summed E-state index contributed by atoms with van der Waals surface area (Å²) in [6.45, 7) is 2.03. The Morgan fingerprint density at radius 3 is 2.50 bits per heavy atom. The van der Waals surface area contributed by atoms with Gasteiger partial charge in [-0.2, -0.15) is 0 Å². The summed E-state index contributed by atoms with van der Waals surface area (Å²) in [5.74, 6) is 0. The van der Waals surface area contributed by atoms with E-state index in [0.717, 1.165) is 18.3 Å². The minimum atomic E-state index is 0.476. The molecule has 0 aliphatic heterocycles. The van der Waals surface area contributed by atoms with Crippen LogP contribution in [0.2, 0.25) is 0 Å². The van der Waals surface area contributed by atoms with Gasteiger partial charge in [0.25, 0.3) is 0 Å².